The van der Waals surface area contributed by atoms with Gasteiger partial charge in [0.15, 0.2) is 0 Å². The van der Waals surface area contributed by atoms with Gasteiger partial charge in [0.05, 0.1) is 33.1 Å². The largest absolute Gasteiger partial charge is 0.391 e. The van der Waals surface area contributed by atoms with Gasteiger partial charge in [0, 0.05) is 70.2 Å². The summed E-state index contributed by atoms with van der Waals surface area (Å²) in [4.78, 5) is 66.7. The number of benzene rings is 2. The summed E-state index contributed by atoms with van der Waals surface area (Å²) in [7, 11) is -3.66. The lowest BCUT2D eigenvalue weighted by molar-refractivity contribution is -0.144. The fraction of sp³-hybridized carbons (Fsp3) is 0.520. The quantitative estimate of drug-likeness (QED) is 0.0564. The first kappa shape index (κ1) is 52.1. The van der Waals surface area contributed by atoms with Crippen molar-refractivity contribution < 1.29 is 32.7 Å². The minimum Gasteiger partial charge on any atom is -0.391 e. The molecule has 2 aromatic carbocycles. The third-order valence-corrected chi connectivity index (χ3v) is 15.6. The van der Waals surface area contributed by atoms with Crippen molar-refractivity contribution in [1.29, 1.82) is 0 Å². The monoisotopic (exact) mass is 971 g/mol. The van der Waals surface area contributed by atoms with Crippen LogP contribution in [-0.2, 0) is 31.0 Å². The number of hydrogen-bond acceptors (Lipinski definition) is 11. The standard InChI is InChI=1S/C50H69N9O7S2/c1-35(38-16-18-39(19-17-38)45-36(2)53-34-67-45)54-47(62)43-30-41(60)33-59(43)48(63)46(50(3,4)5)56-44(61)15-11-9-7-6-8-10-12-25-57-26-28-58(29-27-57)68(65,66)42-22-20-40(21-23-42)55-49(64)52-32-37-14-13-24-51-31-37/h13-14,16-24,31,34-35,41,43,46,60H,6-12,15,25-30,32-33H2,1-5H3,(H,54,62)(H,56,61)(H2,52,55,64). The molecule has 0 radical (unpaired) electrons. The molecule has 4 heterocycles. The lowest BCUT2D eigenvalue weighted by atomic mass is 9.85. The second-order valence-corrected chi connectivity index (χ2v) is 21.8. The predicted octanol–water partition coefficient (Wildman–Crippen LogP) is 6.63. The van der Waals surface area contributed by atoms with E-state index in [0.717, 1.165) is 72.3 Å². The van der Waals surface area contributed by atoms with Crippen molar-refractivity contribution in [3.05, 3.63) is 95.4 Å². The Labute approximate surface area is 405 Å². The molecule has 16 nitrogen and oxygen atoms in total. The fourth-order valence-electron chi connectivity index (χ4n) is 8.67. The number of amides is 5. The van der Waals surface area contributed by atoms with E-state index in [1.165, 1.54) is 21.3 Å². The van der Waals surface area contributed by atoms with Crippen LogP contribution in [0.1, 0.15) is 108 Å². The van der Waals surface area contributed by atoms with E-state index < -0.39 is 39.7 Å². The Kier molecular flexibility index (Phi) is 18.6. The number of aromatic nitrogens is 2. The predicted molar refractivity (Wildman–Crippen MR) is 265 cm³/mol. The number of aryl methyl sites for hydroxylation is 1. The molecule has 6 rings (SSSR count). The van der Waals surface area contributed by atoms with Crippen LogP contribution in [0.5, 0.6) is 0 Å². The van der Waals surface area contributed by atoms with Crippen LogP contribution in [0, 0.1) is 12.3 Å². The van der Waals surface area contributed by atoms with Gasteiger partial charge in [-0.25, -0.2) is 18.2 Å². The van der Waals surface area contributed by atoms with E-state index in [1.807, 2.05) is 70.5 Å². The maximum absolute atomic E-state index is 14.1. The molecule has 2 aromatic heterocycles. The van der Waals surface area contributed by atoms with Crippen molar-refractivity contribution in [3.63, 3.8) is 0 Å². The van der Waals surface area contributed by atoms with Gasteiger partial charge in [-0.2, -0.15) is 4.31 Å². The van der Waals surface area contributed by atoms with Gasteiger partial charge in [0.25, 0.3) is 0 Å². The van der Waals surface area contributed by atoms with Gasteiger partial charge < -0.3 is 36.2 Å². The lowest BCUT2D eigenvalue weighted by Gasteiger charge is -2.35. The van der Waals surface area contributed by atoms with Crippen LogP contribution in [0.25, 0.3) is 10.4 Å². The summed E-state index contributed by atoms with van der Waals surface area (Å²) in [5, 5.41) is 22.2. The molecule has 4 atom stereocenters. The van der Waals surface area contributed by atoms with Crippen LogP contribution < -0.4 is 21.3 Å². The summed E-state index contributed by atoms with van der Waals surface area (Å²) in [5.74, 6) is -0.919. The first-order chi connectivity index (χ1) is 32.5. The highest BCUT2D eigenvalue weighted by molar-refractivity contribution is 7.89. The van der Waals surface area contributed by atoms with Gasteiger partial charge in [-0.1, -0.05) is 83.2 Å². The number of nitrogens with one attached hydrogen (secondary N) is 4. The third-order valence-electron chi connectivity index (χ3n) is 12.7. The highest BCUT2D eigenvalue weighted by Gasteiger charge is 2.44. The molecule has 2 aliphatic heterocycles. The van der Waals surface area contributed by atoms with Crippen LogP contribution in [0.3, 0.4) is 0 Å². The van der Waals surface area contributed by atoms with Crippen LogP contribution in [-0.4, -0.2) is 119 Å². The molecule has 0 bridgehead atoms. The molecular formula is C50H69N9O7S2. The molecular weight excluding hydrogens is 903 g/mol. The highest BCUT2D eigenvalue weighted by Crippen LogP contribution is 2.30. The number of hydrogen-bond donors (Lipinski definition) is 5. The van der Waals surface area contributed by atoms with Crippen molar-refractivity contribution in [3.8, 4) is 10.4 Å². The first-order valence-corrected chi connectivity index (χ1v) is 26.2. The minimum absolute atomic E-state index is 0.0200. The number of piperazine rings is 1. The molecule has 2 aliphatic rings. The number of unbranched alkanes of at least 4 members (excludes halogenated alkanes) is 6. The summed E-state index contributed by atoms with van der Waals surface area (Å²) in [6, 6.07) is 15.4. The number of β-amino-alcohol motifs (C(OH)–C–C–N with tert-alkyl or cyclic N) is 1. The Balaban J connectivity index is 0.839. The first-order valence-electron chi connectivity index (χ1n) is 23.8. The third kappa shape index (κ3) is 14.6. The summed E-state index contributed by atoms with van der Waals surface area (Å²) in [5.41, 5.74) is 5.49. The number of sulfonamides is 1. The zero-order valence-electron chi connectivity index (χ0n) is 40.1. The van der Waals surface area contributed by atoms with Gasteiger partial charge in [-0.3, -0.25) is 19.4 Å². The summed E-state index contributed by atoms with van der Waals surface area (Å²) >= 11 is 1.58. The van der Waals surface area contributed by atoms with Gasteiger partial charge in [-0.15, -0.1) is 11.3 Å². The molecule has 2 saturated heterocycles. The molecule has 2 fully saturated rings. The smallest absolute Gasteiger partial charge is 0.319 e. The molecule has 0 saturated carbocycles. The second-order valence-electron chi connectivity index (χ2n) is 19.0. The average molecular weight is 972 g/mol. The number of carbonyl (C=O) groups excluding carboxylic acids is 4. The zero-order valence-corrected chi connectivity index (χ0v) is 41.7. The van der Waals surface area contributed by atoms with Crippen molar-refractivity contribution in [2.45, 2.75) is 128 Å². The van der Waals surface area contributed by atoms with Crippen molar-refractivity contribution in [2.75, 3.05) is 44.6 Å². The minimum atomic E-state index is -3.66. The van der Waals surface area contributed by atoms with Gasteiger partial charge >= 0.3 is 6.03 Å². The van der Waals surface area contributed by atoms with E-state index in [4.69, 9.17) is 0 Å². The van der Waals surface area contributed by atoms with E-state index in [0.29, 0.717) is 51.3 Å². The van der Waals surface area contributed by atoms with E-state index in [-0.39, 0.29) is 41.6 Å². The molecule has 68 heavy (non-hydrogen) atoms. The van der Waals surface area contributed by atoms with E-state index in [9.17, 15) is 32.7 Å². The zero-order chi connectivity index (χ0) is 48.8. The normalized spacial score (nSPS) is 17.9. The van der Waals surface area contributed by atoms with E-state index in [2.05, 4.69) is 36.1 Å². The average Bonchev–Trinajstić information content (AvgIpc) is 3.94. The van der Waals surface area contributed by atoms with Crippen LogP contribution in [0.15, 0.2) is 83.5 Å². The number of aliphatic hydroxyl groups excluding tert-OH is 1. The lowest BCUT2D eigenvalue weighted by Crippen LogP contribution is -2.57. The number of pyridine rings is 1. The van der Waals surface area contributed by atoms with Crippen molar-refractivity contribution >= 4 is 50.8 Å². The van der Waals surface area contributed by atoms with Crippen LogP contribution in [0.2, 0.25) is 0 Å². The van der Waals surface area contributed by atoms with Crippen molar-refractivity contribution in [1.82, 2.24) is 40.0 Å². The van der Waals surface area contributed by atoms with Crippen molar-refractivity contribution in [2.24, 2.45) is 5.41 Å². The summed E-state index contributed by atoms with van der Waals surface area (Å²) in [6.07, 6.45) is 9.73. The molecule has 0 spiro atoms. The van der Waals surface area contributed by atoms with E-state index in [1.54, 1.807) is 41.9 Å². The van der Waals surface area contributed by atoms with Crippen LogP contribution in [0.4, 0.5) is 10.5 Å². The maximum atomic E-state index is 14.1. The molecule has 4 unspecified atom stereocenters. The van der Waals surface area contributed by atoms with Gasteiger partial charge in [0.2, 0.25) is 27.7 Å². The fourth-order valence-corrected chi connectivity index (χ4v) is 10.9. The molecule has 368 valence electrons. The Hall–Kier alpha value is -5.27. The SMILES string of the molecule is Cc1ncsc1-c1ccc(C(C)NC(=O)C2CC(O)CN2C(=O)C(NC(=O)CCCCCCCCCN2CCN(S(=O)(=O)c3ccc(NC(=O)NCc4cccnc4)cc3)CC2)C(C)(C)C)cc1. The Morgan fingerprint density at radius 2 is 1.56 bits per heavy atom. The summed E-state index contributed by atoms with van der Waals surface area (Å²) < 4.78 is 28.3. The molecule has 5 N–H and O–H groups in total. The number of thiazole rings is 1. The Morgan fingerprint density at radius 3 is 2.19 bits per heavy atom. The number of nitrogens with zero attached hydrogens (tertiary/aromatic N) is 5. The van der Waals surface area contributed by atoms with E-state index >= 15 is 0 Å². The number of rotatable bonds is 21. The molecule has 4 aromatic rings. The summed E-state index contributed by atoms with van der Waals surface area (Å²) in [6.45, 7) is 13.0. The topological polar surface area (TPSA) is 206 Å². The number of aliphatic hydroxyl groups is 1. The van der Waals surface area contributed by atoms with Crippen LogP contribution >= 0.6 is 11.3 Å². The molecule has 18 heteroatoms. The highest BCUT2D eigenvalue weighted by atomic mass is 32.2. The maximum Gasteiger partial charge on any atom is 0.319 e. The Morgan fingerprint density at radius 1 is 0.882 bits per heavy atom. The second kappa shape index (κ2) is 24.3. The molecule has 5 amide bonds. The number of urea groups is 1. The Bertz CT molecular complexity index is 2390. The van der Waals surface area contributed by atoms with Gasteiger partial charge in [0.1, 0.15) is 12.1 Å². The van der Waals surface area contributed by atoms with Gasteiger partial charge in [-0.05, 0) is 85.7 Å². The molecule has 0 aliphatic carbocycles. The number of anilines is 1. The number of carbonyl (C=O) groups is 4. The number of likely N-dealkylation sites (tertiary alicyclic amines) is 1.